The third-order valence-electron chi connectivity index (χ3n) is 3.63. The number of carboxylic acids is 1. The molecule has 5 nitrogen and oxygen atoms in total. The molecule has 0 saturated carbocycles. The first-order valence-corrected chi connectivity index (χ1v) is 5.81. The van der Waals surface area contributed by atoms with E-state index in [0.717, 1.165) is 22.6 Å². The Morgan fingerprint density at radius 3 is 2.94 bits per heavy atom. The molecule has 1 aliphatic carbocycles. The van der Waals surface area contributed by atoms with Crippen LogP contribution in [0.25, 0.3) is 11.3 Å². The zero-order valence-corrected chi connectivity index (χ0v) is 10.5. The smallest absolute Gasteiger partial charge is 0.372 e. The fourth-order valence-corrected chi connectivity index (χ4v) is 2.72. The van der Waals surface area contributed by atoms with Crippen molar-refractivity contribution >= 4 is 5.97 Å². The molecule has 18 heavy (non-hydrogen) atoms. The minimum Gasteiger partial charge on any atom is -0.475 e. The van der Waals surface area contributed by atoms with E-state index in [4.69, 9.17) is 9.52 Å². The number of fused-ring (bicyclic) bond motifs is 3. The fraction of sp³-hybridized carbons (Fsp3) is 0.385. The lowest BCUT2D eigenvalue weighted by Gasteiger charge is -2.28. The van der Waals surface area contributed by atoms with Gasteiger partial charge in [-0.25, -0.2) is 4.79 Å². The average molecular weight is 246 g/mol. The second-order valence-corrected chi connectivity index (χ2v) is 5.38. The molecule has 0 bridgehead atoms. The summed E-state index contributed by atoms with van der Waals surface area (Å²) >= 11 is 0. The van der Waals surface area contributed by atoms with Gasteiger partial charge in [0, 0.05) is 28.5 Å². The van der Waals surface area contributed by atoms with E-state index in [0.29, 0.717) is 12.0 Å². The molecule has 0 saturated heterocycles. The summed E-state index contributed by atoms with van der Waals surface area (Å²) in [5.41, 5.74) is 3.42. The molecule has 0 atom stereocenters. The van der Waals surface area contributed by atoms with Crippen LogP contribution in [-0.4, -0.2) is 21.3 Å². The first kappa shape index (κ1) is 11.1. The summed E-state index contributed by atoms with van der Waals surface area (Å²) in [6, 6.07) is 0. The third-order valence-corrected chi connectivity index (χ3v) is 3.63. The first-order valence-electron chi connectivity index (χ1n) is 5.81. The van der Waals surface area contributed by atoms with Crippen LogP contribution in [0.1, 0.15) is 41.3 Å². The summed E-state index contributed by atoms with van der Waals surface area (Å²) in [4.78, 5) is 11.1. The number of furan rings is 1. The Bertz CT molecular complexity index is 649. The van der Waals surface area contributed by atoms with Crippen molar-refractivity contribution in [2.75, 3.05) is 0 Å². The van der Waals surface area contributed by atoms with Crippen LogP contribution in [0.3, 0.4) is 0 Å². The van der Waals surface area contributed by atoms with Gasteiger partial charge in [0.05, 0.1) is 11.9 Å². The molecule has 0 aliphatic heterocycles. The van der Waals surface area contributed by atoms with Gasteiger partial charge in [0.25, 0.3) is 0 Å². The van der Waals surface area contributed by atoms with Gasteiger partial charge in [-0.2, -0.15) is 5.10 Å². The number of nitrogens with zero attached hydrogens (tertiary/aromatic N) is 1. The van der Waals surface area contributed by atoms with Crippen molar-refractivity contribution in [3.63, 3.8) is 0 Å². The van der Waals surface area contributed by atoms with E-state index in [2.05, 4.69) is 24.0 Å². The van der Waals surface area contributed by atoms with Crippen molar-refractivity contribution < 1.29 is 14.3 Å². The highest BCUT2D eigenvalue weighted by Gasteiger charge is 2.37. The number of aromatic amines is 1. The lowest BCUT2D eigenvalue weighted by Crippen LogP contribution is -2.24. The molecule has 1 aliphatic rings. The fourth-order valence-electron chi connectivity index (χ4n) is 2.72. The highest BCUT2D eigenvalue weighted by Crippen LogP contribution is 2.45. The molecule has 2 heterocycles. The number of rotatable bonds is 1. The molecule has 2 aromatic rings. The molecule has 0 radical (unpaired) electrons. The van der Waals surface area contributed by atoms with E-state index in [1.807, 2.05) is 6.20 Å². The Kier molecular flexibility index (Phi) is 2.00. The van der Waals surface area contributed by atoms with E-state index < -0.39 is 5.97 Å². The van der Waals surface area contributed by atoms with Crippen LogP contribution in [0.15, 0.2) is 10.6 Å². The Labute approximate surface area is 104 Å². The minimum atomic E-state index is -1.03. The van der Waals surface area contributed by atoms with Gasteiger partial charge in [-0.15, -0.1) is 0 Å². The number of carboxylic acid groups (broad SMARTS) is 1. The SMILES string of the molecule is Cc1c(C(=O)O)oc2c1-c1[nH]ncc1C(C)(C)C2. The molecular weight excluding hydrogens is 232 g/mol. The van der Waals surface area contributed by atoms with Crippen LogP contribution in [0.4, 0.5) is 0 Å². The number of hydrogen-bond acceptors (Lipinski definition) is 3. The quantitative estimate of drug-likeness (QED) is 0.810. The zero-order chi connectivity index (χ0) is 13.1. The summed E-state index contributed by atoms with van der Waals surface area (Å²) in [6.45, 7) is 5.97. The van der Waals surface area contributed by atoms with Crippen LogP contribution >= 0.6 is 0 Å². The Morgan fingerprint density at radius 1 is 1.56 bits per heavy atom. The Morgan fingerprint density at radius 2 is 2.28 bits per heavy atom. The topological polar surface area (TPSA) is 79.1 Å². The van der Waals surface area contributed by atoms with Crippen LogP contribution in [0, 0.1) is 6.92 Å². The molecular formula is C13H14N2O3. The Balaban J connectivity index is 2.31. The number of carbonyl (C=O) groups is 1. The van der Waals surface area contributed by atoms with Crippen LogP contribution in [0.5, 0.6) is 0 Å². The van der Waals surface area contributed by atoms with E-state index in [9.17, 15) is 4.79 Å². The van der Waals surface area contributed by atoms with Crippen LogP contribution in [0.2, 0.25) is 0 Å². The van der Waals surface area contributed by atoms with Gasteiger partial charge in [-0.1, -0.05) is 13.8 Å². The first-order chi connectivity index (χ1) is 8.42. The number of nitrogens with one attached hydrogen (secondary N) is 1. The van der Waals surface area contributed by atoms with Gasteiger partial charge in [0.15, 0.2) is 0 Å². The van der Waals surface area contributed by atoms with Gasteiger partial charge in [0.2, 0.25) is 5.76 Å². The number of H-pyrrole nitrogens is 1. The van der Waals surface area contributed by atoms with Gasteiger partial charge in [0.1, 0.15) is 5.76 Å². The normalized spacial score (nSPS) is 16.2. The monoisotopic (exact) mass is 246 g/mol. The lowest BCUT2D eigenvalue weighted by molar-refractivity contribution is 0.0658. The number of aromatic carboxylic acids is 1. The van der Waals surface area contributed by atoms with E-state index in [1.54, 1.807) is 6.92 Å². The van der Waals surface area contributed by atoms with Crippen molar-refractivity contribution in [1.29, 1.82) is 0 Å². The molecule has 0 aromatic carbocycles. The highest BCUT2D eigenvalue weighted by atomic mass is 16.4. The molecule has 5 heteroatoms. The van der Waals surface area contributed by atoms with Crippen molar-refractivity contribution in [1.82, 2.24) is 10.2 Å². The number of aromatic nitrogens is 2. The van der Waals surface area contributed by atoms with Crippen LogP contribution < -0.4 is 0 Å². The van der Waals surface area contributed by atoms with Gasteiger partial charge >= 0.3 is 5.97 Å². The lowest BCUT2D eigenvalue weighted by atomic mass is 9.75. The zero-order valence-electron chi connectivity index (χ0n) is 10.5. The molecule has 0 amide bonds. The summed E-state index contributed by atoms with van der Waals surface area (Å²) in [5.74, 6) is -0.273. The van der Waals surface area contributed by atoms with E-state index in [1.165, 1.54) is 0 Å². The second-order valence-electron chi connectivity index (χ2n) is 5.38. The minimum absolute atomic E-state index is 0.0262. The molecule has 0 unspecified atom stereocenters. The molecule has 2 aromatic heterocycles. The van der Waals surface area contributed by atoms with E-state index >= 15 is 0 Å². The summed E-state index contributed by atoms with van der Waals surface area (Å²) < 4.78 is 5.51. The molecule has 0 fully saturated rings. The standard InChI is InChI=1S/C13H14N2O3/c1-6-9-8(18-11(6)12(16)17)4-13(2,3)7-5-14-15-10(7)9/h5H,4H2,1-3H3,(H,14,15)(H,16,17). The van der Waals surface area contributed by atoms with Gasteiger partial charge < -0.3 is 9.52 Å². The predicted octanol–water partition coefficient (Wildman–Crippen LogP) is 2.51. The van der Waals surface area contributed by atoms with Crippen molar-refractivity contribution in [2.45, 2.75) is 32.6 Å². The maximum atomic E-state index is 11.1. The highest BCUT2D eigenvalue weighted by molar-refractivity contribution is 5.90. The Hall–Kier alpha value is -2.04. The maximum Gasteiger partial charge on any atom is 0.372 e. The summed E-state index contributed by atoms with van der Waals surface area (Å²) in [5, 5.41) is 16.2. The maximum absolute atomic E-state index is 11.1. The molecule has 3 rings (SSSR count). The molecule has 2 N–H and O–H groups in total. The molecule has 94 valence electrons. The third kappa shape index (κ3) is 1.27. The van der Waals surface area contributed by atoms with Gasteiger partial charge in [-0.3, -0.25) is 5.10 Å². The van der Waals surface area contributed by atoms with Crippen molar-refractivity contribution in [3.05, 3.63) is 28.8 Å². The predicted molar refractivity (Wildman–Crippen MR) is 64.7 cm³/mol. The van der Waals surface area contributed by atoms with Gasteiger partial charge in [-0.05, 0) is 6.92 Å². The summed E-state index contributed by atoms with van der Waals surface area (Å²) in [6.07, 6.45) is 2.49. The second kappa shape index (κ2) is 3.25. The van der Waals surface area contributed by atoms with Crippen LogP contribution in [-0.2, 0) is 11.8 Å². The average Bonchev–Trinajstić information content (AvgIpc) is 2.82. The largest absolute Gasteiger partial charge is 0.475 e. The molecule has 0 spiro atoms. The summed E-state index contributed by atoms with van der Waals surface area (Å²) in [7, 11) is 0. The number of hydrogen-bond donors (Lipinski definition) is 2. The van der Waals surface area contributed by atoms with E-state index in [-0.39, 0.29) is 11.2 Å². The van der Waals surface area contributed by atoms with Crippen molar-refractivity contribution in [2.24, 2.45) is 0 Å². The van der Waals surface area contributed by atoms with Crippen molar-refractivity contribution in [3.8, 4) is 11.3 Å².